The summed E-state index contributed by atoms with van der Waals surface area (Å²) in [5, 5.41) is 10.9. The second-order valence-electron chi connectivity index (χ2n) is 2.78. The van der Waals surface area contributed by atoms with Gasteiger partial charge in [-0.15, -0.1) is 0 Å². The first-order valence-corrected chi connectivity index (χ1v) is 4.00. The van der Waals surface area contributed by atoms with Crippen LogP contribution < -0.4 is 5.32 Å². The molecular formula is C10H12N2. The number of nitriles is 1. The normalized spacial score (nSPS) is 9.00. The van der Waals surface area contributed by atoms with E-state index in [-0.39, 0.29) is 0 Å². The van der Waals surface area contributed by atoms with E-state index in [1.165, 1.54) is 11.1 Å². The molecule has 1 rings (SSSR count). The molecule has 0 aliphatic carbocycles. The van der Waals surface area contributed by atoms with Crippen LogP contribution in [0.25, 0.3) is 0 Å². The van der Waals surface area contributed by atoms with Crippen molar-refractivity contribution in [3.05, 3.63) is 35.4 Å². The number of benzene rings is 1. The van der Waals surface area contributed by atoms with Gasteiger partial charge in [0.25, 0.3) is 0 Å². The molecule has 0 radical (unpaired) electrons. The number of hydrogen-bond donors (Lipinski definition) is 1. The molecule has 0 aromatic heterocycles. The fourth-order valence-corrected chi connectivity index (χ4v) is 1.13. The predicted octanol–water partition coefficient (Wildman–Crippen LogP) is 1.61. The quantitative estimate of drug-likeness (QED) is 0.414. The summed E-state index contributed by atoms with van der Waals surface area (Å²) in [6, 6.07) is 8.32. The summed E-state index contributed by atoms with van der Waals surface area (Å²) in [5.41, 5.74) is 2.54. The maximum atomic E-state index is 8.24. The third kappa shape index (κ3) is 2.63. The second kappa shape index (κ2) is 4.40. The maximum Gasteiger partial charge on any atom is 0.176 e. The number of rotatable bonds is 3. The molecule has 1 aromatic rings. The molecule has 62 valence electrons. The van der Waals surface area contributed by atoms with E-state index in [2.05, 4.69) is 30.4 Å². The summed E-state index contributed by atoms with van der Waals surface area (Å²) < 4.78 is 0. The van der Waals surface area contributed by atoms with Crippen LogP contribution >= 0.6 is 0 Å². The van der Waals surface area contributed by atoms with Gasteiger partial charge in [-0.3, -0.25) is 0 Å². The monoisotopic (exact) mass is 160 g/mol. The lowest BCUT2D eigenvalue weighted by Gasteiger charge is -2.00. The van der Waals surface area contributed by atoms with Crippen LogP contribution in [0.2, 0.25) is 0 Å². The van der Waals surface area contributed by atoms with Crippen LogP contribution in [0, 0.1) is 18.4 Å². The molecule has 0 aliphatic rings. The molecule has 12 heavy (non-hydrogen) atoms. The van der Waals surface area contributed by atoms with Crippen molar-refractivity contribution in [2.75, 3.05) is 6.54 Å². The Hall–Kier alpha value is -1.49. The van der Waals surface area contributed by atoms with Crippen molar-refractivity contribution >= 4 is 0 Å². The molecule has 2 heteroatoms. The highest BCUT2D eigenvalue weighted by Crippen LogP contribution is 2.03. The van der Waals surface area contributed by atoms with E-state index < -0.39 is 0 Å². The SMILES string of the molecule is Cc1cccc(CCNC#N)c1. The van der Waals surface area contributed by atoms with Gasteiger partial charge in [-0.05, 0) is 18.9 Å². The van der Waals surface area contributed by atoms with E-state index in [0.717, 1.165) is 13.0 Å². The van der Waals surface area contributed by atoms with Gasteiger partial charge < -0.3 is 5.32 Å². The highest BCUT2D eigenvalue weighted by molar-refractivity contribution is 5.22. The number of nitrogens with zero attached hydrogens (tertiary/aromatic N) is 1. The van der Waals surface area contributed by atoms with E-state index in [1.807, 2.05) is 12.3 Å². The van der Waals surface area contributed by atoms with Gasteiger partial charge in [-0.25, -0.2) is 0 Å². The fraction of sp³-hybridized carbons (Fsp3) is 0.300. The summed E-state index contributed by atoms with van der Waals surface area (Å²) >= 11 is 0. The van der Waals surface area contributed by atoms with Gasteiger partial charge in [0.15, 0.2) is 6.19 Å². The van der Waals surface area contributed by atoms with Crippen molar-refractivity contribution in [2.45, 2.75) is 13.3 Å². The van der Waals surface area contributed by atoms with Gasteiger partial charge in [-0.1, -0.05) is 29.8 Å². The maximum absolute atomic E-state index is 8.24. The molecule has 1 aromatic carbocycles. The Kier molecular flexibility index (Phi) is 3.16. The Labute approximate surface area is 72.8 Å². The van der Waals surface area contributed by atoms with E-state index in [0.29, 0.717) is 0 Å². The predicted molar refractivity (Wildman–Crippen MR) is 48.5 cm³/mol. The first-order valence-electron chi connectivity index (χ1n) is 4.00. The summed E-state index contributed by atoms with van der Waals surface area (Å²) in [5.74, 6) is 0. The fourth-order valence-electron chi connectivity index (χ4n) is 1.13. The van der Waals surface area contributed by atoms with Crippen LogP contribution in [0.4, 0.5) is 0 Å². The van der Waals surface area contributed by atoms with Crippen LogP contribution in [-0.4, -0.2) is 6.54 Å². The van der Waals surface area contributed by atoms with E-state index >= 15 is 0 Å². The zero-order valence-electron chi connectivity index (χ0n) is 7.17. The Morgan fingerprint density at radius 3 is 3.00 bits per heavy atom. The first kappa shape index (κ1) is 8.61. The third-order valence-corrected chi connectivity index (χ3v) is 1.70. The molecule has 0 saturated heterocycles. The lowest BCUT2D eigenvalue weighted by Crippen LogP contribution is -2.09. The minimum atomic E-state index is 0.722. The Morgan fingerprint density at radius 2 is 2.33 bits per heavy atom. The third-order valence-electron chi connectivity index (χ3n) is 1.70. The van der Waals surface area contributed by atoms with Crippen molar-refractivity contribution in [3.63, 3.8) is 0 Å². The van der Waals surface area contributed by atoms with Crippen molar-refractivity contribution in [3.8, 4) is 6.19 Å². The molecule has 2 nitrogen and oxygen atoms in total. The molecule has 0 bridgehead atoms. The molecule has 1 N–H and O–H groups in total. The molecule has 0 heterocycles. The summed E-state index contributed by atoms with van der Waals surface area (Å²) in [7, 11) is 0. The highest BCUT2D eigenvalue weighted by Gasteiger charge is 1.91. The zero-order valence-corrected chi connectivity index (χ0v) is 7.17. The van der Waals surface area contributed by atoms with Gasteiger partial charge in [0.1, 0.15) is 0 Å². The average Bonchev–Trinajstić information content (AvgIpc) is 2.05. The molecule has 0 unspecified atom stereocenters. The lowest BCUT2D eigenvalue weighted by molar-refractivity contribution is 0.843. The van der Waals surface area contributed by atoms with Crippen LogP contribution in [0.5, 0.6) is 0 Å². The molecule has 0 aliphatic heterocycles. The van der Waals surface area contributed by atoms with Crippen molar-refractivity contribution < 1.29 is 0 Å². The molecule has 0 amide bonds. The highest BCUT2D eigenvalue weighted by atomic mass is 14.8. The smallest absolute Gasteiger partial charge is 0.176 e. The number of nitrogens with one attached hydrogen (secondary N) is 1. The van der Waals surface area contributed by atoms with Gasteiger partial charge in [0, 0.05) is 6.54 Å². The standard InChI is InChI=1S/C10H12N2/c1-9-3-2-4-10(7-9)5-6-12-8-11/h2-4,7,12H,5-6H2,1H3. The van der Waals surface area contributed by atoms with Crippen LogP contribution in [0.15, 0.2) is 24.3 Å². The Morgan fingerprint density at radius 1 is 1.50 bits per heavy atom. The minimum absolute atomic E-state index is 0.722. The molecule has 0 fully saturated rings. The molecular weight excluding hydrogens is 148 g/mol. The number of aryl methyl sites for hydroxylation is 1. The van der Waals surface area contributed by atoms with Gasteiger partial charge in [0.05, 0.1) is 0 Å². The summed E-state index contributed by atoms with van der Waals surface area (Å²) in [4.78, 5) is 0. The van der Waals surface area contributed by atoms with Crippen LogP contribution in [0.1, 0.15) is 11.1 Å². The van der Waals surface area contributed by atoms with E-state index in [4.69, 9.17) is 5.26 Å². The van der Waals surface area contributed by atoms with Crippen LogP contribution in [0.3, 0.4) is 0 Å². The van der Waals surface area contributed by atoms with Crippen LogP contribution in [-0.2, 0) is 6.42 Å². The van der Waals surface area contributed by atoms with Gasteiger partial charge in [-0.2, -0.15) is 5.26 Å². The molecule has 0 saturated carbocycles. The average molecular weight is 160 g/mol. The van der Waals surface area contributed by atoms with Gasteiger partial charge in [0.2, 0.25) is 0 Å². The summed E-state index contributed by atoms with van der Waals surface area (Å²) in [6.07, 6.45) is 2.81. The Bertz CT molecular complexity index is 286. The number of hydrogen-bond acceptors (Lipinski definition) is 2. The first-order chi connectivity index (χ1) is 5.83. The van der Waals surface area contributed by atoms with Crippen molar-refractivity contribution in [1.29, 1.82) is 5.26 Å². The molecule has 0 spiro atoms. The van der Waals surface area contributed by atoms with E-state index in [9.17, 15) is 0 Å². The minimum Gasteiger partial charge on any atom is -0.324 e. The topological polar surface area (TPSA) is 35.8 Å². The lowest BCUT2D eigenvalue weighted by atomic mass is 10.1. The second-order valence-corrected chi connectivity index (χ2v) is 2.78. The molecule has 0 atom stereocenters. The van der Waals surface area contributed by atoms with E-state index in [1.54, 1.807) is 0 Å². The van der Waals surface area contributed by atoms with Crippen molar-refractivity contribution in [2.24, 2.45) is 0 Å². The zero-order chi connectivity index (χ0) is 8.81. The summed E-state index contributed by atoms with van der Waals surface area (Å²) in [6.45, 7) is 2.79. The largest absolute Gasteiger partial charge is 0.324 e. The van der Waals surface area contributed by atoms with Gasteiger partial charge >= 0.3 is 0 Å². The van der Waals surface area contributed by atoms with Crippen molar-refractivity contribution in [1.82, 2.24) is 5.32 Å². The Balaban J connectivity index is 2.48.